The Labute approximate surface area is 440 Å². The molecule has 0 radical (unpaired) electrons. The zero-order valence-electron chi connectivity index (χ0n) is 47.5. The summed E-state index contributed by atoms with van der Waals surface area (Å²) in [6.07, 6.45) is 65.1. The summed E-state index contributed by atoms with van der Waals surface area (Å²) in [5.74, 6) is -0.794. The summed E-state index contributed by atoms with van der Waals surface area (Å²) in [6, 6.07) is 0. The van der Waals surface area contributed by atoms with E-state index in [-0.39, 0.29) is 25.6 Å². The van der Waals surface area contributed by atoms with E-state index >= 15 is 0 Å². The third-order valence-corrected chi connectivity index (χ3v) is 14.4. The van der Waals surface area contributed by atoms with Crippen LogP contribution < -0.4 is 0 Å². The van der Waals surface area contributed by atoms with Crippen LogP contribution in [0.2, 0.25) is 0 Å². The molecule has 0 spiro atoms. The zero-order chi connectivity index (χ0) is 52.0. The maximum atomic E-state index is 12.8. The molecular formula is C61H117NO8P+. The Hall–Kier alpha value is -1.77. The summed E-state index contributed by atoms with van der Waals surface area (Å²) >= 11 is 0. The molecule has 0 aromatic heterocycles. The molecule has 0 aliphatic rings. The second kappa shape index (κ2) is 53.1. The number of unbranched alkanes of at least 4 members (excludes halogenated alkanes) is 36. The van der Waals surface area contributed by atoms with Crippen molar-refractivity contribution in [3.8, 4) is 0 Å². The van der Waals surface area contributed by atoms with Crippen molar-refractivity contribution in [2.45, 2.75) is 296 Å². The highest BCUT2D eigenvalue weighted by Gasteiger charge is 2.27. The minimum Gasteiger partial charge on any atom is -0.462 e. The lowest BCUT2D eigenvalue weighted by molar-refractivity contribution is -0.870. The molecule has 10 heteroatoms. The molecule has 71 heavy (non-hydrogen) atoms. The summed E-state index contributed by atoms with van der Waals surface area (Å²) in [5.41, 5.74) is 0. The van der Waals surface area contributed by atoms with Gasteiger partial charge in [0.05, 0.1) is 27.7 Å². The summed E-state index contributed by atoms with van der Waals surface area (Å²) in [7, 11) is 1.48. The van der Waals surface area contributed by atoms with Crippen molar-refractivity contribution in [1.29, 1.82) is 0 Å². The Morgan fingerprint density at radius 2 is 0.761 bits per heavy atom. The second-order valence-electron chi connectivity index (χ2n) is 21.7. The first-order chi connectivity index (χ1) is 34.5. The van der Waals surface area contributed by atoms with Gasteiger partial charge in [-0.3, -0.25) is 18.6 Å². The molecular weight excluding hydrogens is 906 g/mol. The van der Waals surface area contributed by atoms with Crippen molar-refractivity contribution in [1.82, 2.24) is 0 Å². The van der Waals surface area contributed by atoms with Gasteiger partial charge in [-0.2, -0.15) is 0 Å². The normalized spacial score (nSPS) is 13.5. The molecule has 1 N–H and O–H groups in total. The van der Waals surface area contributed by atoms with Crippen LogP contribution in [-0.2, 0) is 32.7 Å². The van der Waals surface area contributed by atoms with E-state index in [4.69, 9.17) is 18.5 Å². The zero-order valence-corrected chi connectivity index (χ0v) is 48.4. The van der Waals surface area contributed by atoms with Gasteiger partial charge in [-0.25, -0.2) is 4.57 Å². The Balaban J connectivity index is 4.07. The molecule has 9 nitrogen and oxygen atoms in total. The molecule has 0 rings (SSSR count). The number of carbonyl (C=O) groups excluding carboxylic acids is 2. The van der Waals surface area contributed by atoms with Gasteiger partial charge in [-0.1, -0.05) is 243 Å². The summed E-state index contributed by atoms with van der Waals surface area (Å²) < 4.78 is 34.6. The Morgan fingerprint density at radius 1 is 0.437 bits per heavy atom. The summed E-state index contributed by atoms with van der Waals surface area (Å²) in [5, 5.41) is 0. The van der Waals surface area contributed by atoms with Gasteiger partial charge >= 0.3 is 19.8 Å². The van der Waals surface area contributed by atoms with E-state index in [2.05, 4.69) is 50.3 Å². The van der Waals surface area contributed by atoms with Crippen LogP contribution >= 0.6 is 7.82 Å². The number of rotatable bonds is 56. The van der Waals surface area contributed by atoms with Gasteiger partial charge < -0.3 is 18.9 Å². The smallest absolute Gasteiger partial charge is 0.462 e. The van der Waals surface area contributed by atoms with Crippen molar-refractivity contribution in [3.63, 3.8) is 0 Å². The van der Waals surface area contributed by atoms with Crippen LogP contribution in [0.15, 0.2) is 36.5 Å². The first-order valence-electron chi connectivity index (χ1n) is 30.2. The fourth-order valence-corrected chi connectivity index (χ4v) is 9.43. The third-order valence-electron chi connectivity index (χ3n) is 13.4. The van der Waals surface area contributed by atoms with Crippen molar-refractivity contribution < 1.29 is 42.1 Å². The number of phosphoric ester groups is 1. The quantitative estimate of drug-likeness (QED) is 0.0211. The standard InChI is InChI=1S/C61H116NO8P/c1-6-8-10-12-14-16-18-20-22-24-26-27-28-29-30-31-32-33-34-35-36-38-39-41-43-45-47-49-51-53-60(63)67-57-59(58-69-71(65,66)68-56-55-62(3,4)5)70-61(64)54-52-50-48-46-44-42-40-37-25-23-21-19-17-15-13-11-9-7-2/h17,19,23-26,59H,6-16,18,20-22,27-58H2,1-5H3/p+1/b19-17-,25-23-,26-24-. The summed E-state index contributed by atoms with van der Waals surface area (Å²) in [4.78, 5) is 35.7. The number of nitrogens with zero attached hydrogens (tertiary/aromatic N) is 1. The average Bonchev–Trinajstić information content (AvgIpc) is 3.33. The Morgan fingerprint density at radius 3 is 1.14 bits per heavy atom. The van der Waals surface area contributed by atoms with Crippen LogP contribution in [0.4, 0.5) is 0 Å². The van der Waals surface area contributed by atoms with Gasteiger partial charge in [0, 0.05) is 12.8 Å². The highest BCUT2D eigenvalue weighted by atomic mass is 31.2. The van der Waals surface area contributed by atoms with Gasteiger partial charge in [0.2, 0.25) is 0 Å². The predicted molar refractivity (Wildman–Crippen MR) is 303 cm³/mol. The molecule has 418 valence electrons. The minimum atomic E-state index is -4.39. The van der Waals surface area contributed by atoms with Gasteiger partial charge in [0.1, 0.15) is 19.8 Å². The van der Waals surface area contributed by atoms with E-state index in [1.807, 2.05) is 21.1 Å². The van der Waals surface area contributed by atoms with Crippen LogP contribution in [-0.4, -0.2) is 74.9 Å². The fraction of sp³-hybridized carbons (Fsp3) is 0.869. The second-order valence-corrected chi connectivity index (χ2v) is 23.2. The lowest BCUT2D eigenvalue weighted by Gasteiger charge is -2.24. The molecule has 0 bridgehead atoms. The van der Waals surface area contributed by atoms with Crippen molar-refractivity contribution in [2.24, 2.45) is 0 Å². The van der Waals surface area contributed by atoms with Gasteiger partial charge in [-0.15, -0.1) is 0 Å². The molecule has 0 aliphatic carbocycles. The van der Waals surface area contributed by atoms with Crippen LogP contribution in [0, 0.1) is 0 Å². The third kappa shape index (κ3) is 57.4. The van der Waals surface area contributed by atoms with Crippen LogP contribution in [0.3, 0.4) is 0 Å². The largest absolute Gasteiger partial charge is 0.472 e. The van der Waals surface area contributed by atoms with E-state index in [1.54, 1.807) is 0 Å². The number of esters is 2. The molecule has 0 saturated heterocycles. The number of allylic oxidation sites excluding steroid dienone is 6. The molecule has 2 unspecified atom stereocenters. The van der Waals surface area contributed by atoms with Crippen molar-refractivity contribution in [2.75, 3.05) is 47.5 Å². The first-order valence-corrected chi connectivity index (χ1v) is 31.7. The van der Waals surface area contributed by atoms with E-state index in [1.165, 1.54) is 205 Å². The topological polar surface area (TPSA) is 108 Å². The Kier molecular flexibility index (Phi) is 51.7. The van der Waals surface area contributed by atoms with Crippen molar-refractivity contribution >= 4 is 19.8 Å². The molecule has 0 fully saturated rings. The lowest BCUT2D eigenvalue weighted by Crippen LogP contribution is -2.37. The minimum absolute atomic E-state index is 0.0312. The van der Waals surface area contributed by atoms with Crippen LogP contribution in [0.5, 0.6) is 0 Å². The monoisotopic (exact) mass is 1020 g/mol. The van der Waals surface area contributed by atoms with Gasteiger partial charge in [0.15, 0.2) is 6.10 Å². The number of phosphoric acid groups is 1. The molecule has 0 aromatic rings. The highest BCUT2D eigenvalue weighted by molar-refractivity contribution is 7.47. The van der Waals surface area contributed by atoms with Gasteiger partial charge in [0.25, 0.3) is 0 Å². The number of hydrogen-bond donors (Lipinski definition) is 1. The van der Waals surface area contributed by atoms with Gasteiger partial charge in [-0.05, 0) is 70.6 Å². The van der Waals surface area contributed by atoms with E-state index in [0.29, 0.717) is 23.9 Å². The molecule has 0 amide bonds. The first kappa shape index (κ1) is 69.2. The van der Waals surface area contributed by atoms with Crippen LogP contribution in [0.25, 0.3) is 0 Å². The van der Waals surface area contributed by atoms with E-state index in [9.17, 15) is 19.0 Å². The number of carbonyl (C=O) groups is 2. The number of quaternary nitrogens is 1. The molecule has 0 saturated carbocycles. The molecule has 2 atom stereocenters. The Bertz CT molecular complexity index is 1300. The van der Waals surface area contributed by atoms with E-state index < -0.39 is 26.5 Å². The highest BCUT2D eigenvalue weighted by Crippen LogP contribution is 2.43. The molecule has 0 heterocycles. The molecule has 0 aliphatic heterocycles. The number of hydrogen-bond acceptors (Lipinski definition) is 7. The number of ether oxygens (including phenoxy) is 2. The summed E-state index contributed by atoms with van der Waals surface area (Å²) in [6.45, 7) is 4.45. The fourth-order valence-electron chi connectivity index (χ4n) is 8.69. The number of likely N-dealkylation sites (N-methyl/N-ethyl adjacent to an activating group) is 1. The lowest BCUT2D eigenvalue weighted by atomic mass is 10.0. The maximum Gasteiger partial charge on any atom is 0.472 e. The maximum absolute atomic E-state index is 12.8. The SMILES string of the molecule is CCCCCC/C=C\C/C=C\CCCCCCCCCC(=O)OC(COC(=O)CCCCCCCCCCCCCCCCCCC/C=C\CCCCCCCCCC)COP(=O)(O)OCC[N+](C)(C)C. The van der Waals surface area contributed by atoms with Crippen LogP contribution in [0.1, 0.15) is 290 Å². The average molecular weight is 1020 g/mol. The molecule has 0 aromatic carbocycles. The predicted octanol–water partition coefficient (Wildman–Crippen LogP) is 18.8. The van der Waals surface area contributed by atoms with E-state index in [0.717, 1.165) is 51.4 Å². The van der Waals surface area contributed by atoms with Crippen molar-refractivity contribution in [3.05, 3.63) is 36.5 Å².